The Morgan fingerprint density at radius 1 is 1.18 bits per heavy atom. The molecule has 17 heavy (non-hydrogen) atoms. The Balaban J connectivity index is 2.40. The van der Waals surface area contributed by atoms with E-state index < -0.39 is 0 Å². The lowest BCUT2D eigenvalue weighted by Gasteiger charge is -2.29. The quantitative estimate of drug-likeness (QED) is 0.850. The van der Waals surface area contributed by atoms with Crippen molar-refractivity contribution >= 4 is 0 Å². The van der Waals surface area contributed by atoms with Crippen molar-refractivity contribution < 1.29 is 9.84 Å². The van der Waals surface area contributed by atoms with Crippen molar-refractivity contribution in [3.05, 3.63) is 28.8 Å². The summed E-state index contributed by atoms with van der Waals surface area (Å²) >= 11 is 0. The third-order valence-corrected chi connectivity index (χ3v) is 4.04. The van der Waals surface area contributed by atoms with E-state index in [0.29, 0.717) is 0 Å². The monoisotopic (exact) mass is 234 g/mol. The summed E-state index contributed by atoms with van der Waals surface area (Å²) in [6.07, 6.45) is 4.13. The van der Waals surface area contributed by atoms with Crippen molar-refractivity contribution in [2.24, 2.45) is 0 Å². The molecule has 0 amide bonds. The van der Waals surface area contributed by atoms with Crippen LogP contribution in [0.25, 0.3) is 0 Å². The molecule has 2 heteroatoms. The molecule has 0 saturated heterocycles. The number of benzene rings is 1. The van der Waals surface area contributed by atoms with Crippen LogP contribution in [0.4, 0.5) is 0 Å². The van der Waals surface area contributed by atoms with Crippen LogP contribution in [-0.4, -0.2) is 18.3 Å². The Bertz CT molecular complexity index is 398. The van der Waals surface area contributed by atoms with Gasteiger partial charge in [-0.2, -0.15) is 0 Å². The smallest absolute Gasteiger partial charge is 0.125 e. The molecule has 0 aromatic heterocycles. The van der Waals surface area contributed by atoms with Crippen LogP contribution in [0, 0.1) is 13.8 Å². The molecule has 0 bridgehead atoms. The summed E-state index contributed by atoms with van der Waals surface area (Å²) in [5.74, 6) is 1.22. The first kappa shape index (κ1) is 12.4. The third kappa shape index (κ3) is 2.32. The second kappa shape index (κ2) is 5.09. The van der Waals surface area contributed by atoms with Crippen molar-refractivity contribution in [2.45, 2.75) is 51.6 Å². The number of hydrogen-bond donors (Lipinski definition) is 1. The number of rotatable bonds is 2. The third-order valence-electron chi connectivity index (χ3n) is 4.04. The van der Waals surface area contributed by atoms with Gasteiger partial charge in [0.2, 0.25) is 0 Å². The van der Waals surface area contributed by atoms with Gasteiger partial charge in [0.25, 0.3) is 0 Å². The Hall–Kier alpha value is -1.02. The van der Waals surface area contributed by atoms with Crippen LogP contribution in [0.3, 0.4) is 0 Å². The molecule has 1 aliphatic carbocycles. The molecule has 1 saturated carbocycles. The Morgan fingerprint density at radius 2 is 1.88 bits per heavy atom. The molecule has 1 fully saturated rings. The second-order valence-corrected chi connectivity index (χ2v) is 5.09. The molecule has 0 radical (unpaired) electrons. The number of ether oxygens (including phenoxy) is 1. The maximum Gasteiger partial charge on any atom is 0.125 e. The summed E-state index contributed by atoms with van der Waals surface area (Å²) in [4.78, 5) is 0. The van der Waals surface area contributed by atoms with E-state index in [0.717, 1.165) is 25.0 Å². The zero-order valence-electron chi connectivity index (χ0n) is 11.0. The summed E-state index contributed by atoms with van der Waals surface area (Å²) in [5, 5.41) is 10.1. The van der Waals surface area contributed by atoms with E-state index in [4.69, 9.17) is 4.74 Å². The van der Waals surface area contributed by atoms with E-state index in [1.165, 1.54) is 23.1 Å². The predicted octanol–water partition coefficient (Wildman–Crippen LogP) is 3.33. The summed E-state index contributed by atoms with van der Waals surface area (Å²) in [6.45, 7) is 4.19. The van der Waals surface area contributed by atoms with Crippen LogP contribution in [0.2, 0.25) is 0 Å². The normalized spacial score (nSPS) is 24.7. The largest absolute Gasteiger partial charge is 0.496 e. The van der Waals surface area contributed by atoms with Crippen LogP contribution < -0.4 is 4.74 Å². The minimum absolute atomic E-state index is 0.209. The molecule has 0 heterocycles. The zero-order chi connectivity index (χ0) is 12.4. The van der Waals surface area contributed by atoms with Crippen molar-refractivity contribution in [1.82, 2.24) is 0 Å². The van der Waals surface area contributed by atoms with Gasteiger partial charge >= 0.3 is 0 Å². The van der Waals surface area contributed by atoms with E-state index >= 15 is 0 Å². The standard InChI is InChI=1S/C15H22O2/c1-10-8-9-13(15(17-3)11(10)2)12-6-4-5-7-14(12)16/h8-9,12,14,16H,4-7H2,1-3H3. The average Bonchev–Trinajstić information content (AvgIpc) is 2.33. The van der Waals surface area contributed by atoms with Gasteiger partial charge in [-0.1, -0.05) is 25.0 Å². The molecule has 1 N–H and O–H groups in total. The second-order valence-electron chi connectivity index (χ2n) is 5.09. The molecule has 1 aromatic carbocycles. The molecular formula is C15H22O2. The molecule has 1 aromatic rings. The number of aliphatic hydroxyl groups excluding tert-OH is 1. The van der Waals surface area contributed by atoms with E-state index in [1.54, 1.807) is 7.11 Å². The van der Waals surface area contributed by atoms with Crippen molar-refractivity contribution in [1.29, 1.82) is 0 Å². The first-order valence-corrected chi connectivity index (χ1v) is 6.47. The molecule has 94 valence electrons. The van der Waals surface area contributed by atoms with Gasteiger partial charge in [0, 0.05) is 11.5 Å². The lowest BCUT2D eigenvalue weighted by molar-refractivity contribution is 0.105. The molecule has 2 rings (SSSR count). The molecule has 2 nitrogen and oxygen atoms in total. The van der Waals surface area contributed by atoms with Crippen molar-refractivity contribution in [3.63, 3.8) is 0 Å². The Labute approximate surface area is 104 Å². The molecule has 1 aliphatic rings. The van der Waals surface area contributed by atoms with Gasteiger partial charge in [-0.25, -0.2) is 0 Å². The molecule has 2 atom stereocenters. The highest BCUT2D eigenvalue weighted by atomic mass is 16.5. The van der Waals surface area contributed by atoms with Gasteiger partial charge in [0.1, 0.15) is 5.75 Å². The Morgan fingerprint density at radius 3 is 2.53 bits per heavy atom. The van der Waals surface area contributed by atoms with Crippen molar-refractivity contribution in [2.75, 3.05) is 7.11 Å². The van der Waals surface area contributed by atoms with Crippen LogP contribution in [0.5, 0.6) is 5.75 Å². The maximum atomic E-state index is 10.1. The van der Waals surface area contributed by atoms with E-state index in [-0.39, 0.29) is 12.0 Å². The number of hydrogen-bond acceptors (Lipinski definition) is 2. The number of aryl methyl sites for hydroxylation is 1. The fraction of sp³-hybridized carbons (Fsp3) is 0.600. The lowest BCUT2D eigenvalue weighted by atomic mass is 9.80. The van der Waals surface area contributed by atoms with Gasteiger partial charge < -0.3 is 9.84 Å². The molecule has 0 aliphatic heterocycles. The summed E-state index contributed by atoms with van der Waals surface area (Å²) in [7, 11) is 1.72. The molecule has 0 spiro atoms. The minimum atomic E-state index is -0.209. The molecular weight excluding hydrogens is 212 g/mol. The Kier molecular flexibility index (Phi) is 3.72. The first-order valence-electron chi connectivity index (χ1n) is 6.47. The van der Waals surface area contributed by atoms with Crippen LogP contribution in [-0.2, 0) is 0 Å². The van der Waals surface area contributed by atoms with Gasteiger partial charge in [-0.15, -0.1) is 0 Å². The predicted molar refractivity (Wildman–Crippen MR) is 69.7 cm³/mol. The fourth-order valence-corrected chi connectivity index (χ4v) is 2.85. The number of aliphatic hydroxyl groups is 1. The highest BCUT2D eigenvalue weighted by molar-refractivity contribution is 5.47. The topological polar surface area (TPSA) is 29.5 Å². The van der Waals surface area contributed by atoms with Gasteiger partial charge in [0.15, 0.2) is 0 Å². The SMILES string of the molecule is COc1c(C2CCCCC2O)ccc(C)c1C. The van der Waals surface area contributed by atoms with E-state index in [1.807, 2.05) is 0 Å². The van der Waals surface area contributed by atoms with Gasteiger partial charge in [-0.05, 0) is 37.8 Å². The average molecular weight is 234 g/mol. The summed E-state index contributed by atoms with van der Waals surface area (Å²) < 4.78 is 5.55. The summed E-state index contributed by atoms with van der Waals surface area (Å²) in [6, 6.07) is 4.26. The van der Waals surface area contributed by atoms with Gasteiger partial charge in [0.05, 0.1) is 13.2 Å². The minimum Gasteiger partial charge on any atom is -0.496 e. The lowest BCUT2D eigenvalue weighted by Crippen LogP contribution is -2.23. The van der Waals surface area contributed by atoms with Crippen LogP contribution in [0.1, 0.15) is 48.3 Å². The van der Waals surface area contributed by atoms with E-state index in [9.17, 15) is 5.11 Å². The summed E-state index contributed by atoms with van der Waals surface area (Å²) in [5.41, 5.74) is 3.63. The highest BCUT2D eigenvalue weighted by Crippen LogP contribution is 2.39. The highest BCUT2D eigenvalue weighted by Gasteiger charge is 2.27. The molecule has 2 unspecified atom stereocenters. The van der Waals surface area contributed by atoms with Crippen LogP contribution >= 0.6 is 0 Å². The van der Waals surface area contributed by atoms with Gasteiger partial charge in [-0.3, -0.25) is 0 Å². The van der Waals surface area contributed by atoms with E-state index in [2.05, 4.69) is 26.0 Å². The van der Waals surface area contributed by atoms with Crippen molar-refractivity contribution in [3.8, 4) is 5.75 Å². The number of methoxy groups -OCH3 is 1. The van der Waals surface area contributed by atoms with Crippen LogP contribution in [0.15, 0.2) is 12.1 Å². The zero-order valence-corrected chi connectivity index (χ0v) is 11.0. The fourth-order valence-electron chi connectivity index (χ4n) is 2.85. The maximum absolute atomic E-state index is 10.1. The first-order chi connectivity index (χ1) is 8.15.